The van der Waals surface area contributed by atoms with Crippen LogP contribution in [0.3, 0.4) is 0 Å². The fourth-order valence-electron chi connectivity index (χ4n) is 1.25. The van der Waals surface area contributed by atoms with Gasteiger partial charge in [0, 0.05) is 22.1 Å². The lowest BCUT2D eigenvalue weighted by molar-refractivity contribution is 0.548. The van der Waals surface area contributed by atoms with Gasteiger partial charge in [0.15, 0.2) is 0 Å². The Morgan fingerprint density at radius 1 is 1.53 bits per heavy atom. The van der Waals surface area contributed by atoms with Gasteiger partial charge in [-0.1, -0.05) is 0 Å². The van der Waals surface area contributed by atoms with Crippen LogP contribution in [0.5, 0.6) is 0 Å². The van der Waals surface area contributed by atoms with Crippen LogP contribution in [0.25, 0.3) is 0 Å². The highest BCUT2D eigenvalue weighted by Crippen LogP contribution is 2.21. The number of nitrogens with one attached hydrogen (secondary N) is 1. The van der Waals surface area contributed by atoms with Crippen molar-refractivity contribution in [1.29, 1.82) is 0 Å². The fourth-order valence-corrected chi connectivity index (χ4v) is 1.94. The molecule has 84 valence electrons. The lowest BCUT2D eigenvalue weighted by atomic mass is 10.0. The molecular weight excluding hydrogens is 275 g/mol. The molecule has 1 aromatic rings. The van der Waals surface area contributed by atoms with Crippen molar-refractivity contribution in [3.05, 3.63) is 22.3 Å². The van der Waals surface area contributed by atoms with Crippen LogP contribution in [0.2, 0.25) is 0 Å². The summed E-state index contributed by atoms with van der Waals surface area (Å²) in [6.45, 7) is 6.29. The summed E-state index contributed by atoms with van der Waals surface area (Å²) < 4.78 is 1.03. The average Bonchev–Trinajstić information content (AvgIpc) is 2.10. The SMILES string of the molecule is Cc1cc(NC(C)(C)CCCl)ncc1Br. The van der Waals surface area contributed by atoms with E-state index in [1.807, 2.05) is 19.2 Å². The molecule has 4 heteroatoms. The number of alkyl halides is 1. The molecule has 1 N–H and O–H groups in total. The standard InChI is InChI=1S/C11H16BrClN2/c1-8-6-10(14-7-9(8)12)15-11(2,3)4-5-13/h6-7H,4-5H2,1-3H3,(H,14,15). The Labute approximate surface area is 105 Å². The molecule has 0 atom stereocenters. The van der Waals surface area contributed by atoms with E-state index in [9.17, 15) is 0 Å². The number of aromatic nitrogens is 1. The van der Waals surface area contributed by atoms with Crippen LogP contribution >= 0.6 is 27.5 Å². The van der Waals surface area contributed by atoms with Gasteiger partial charge in [-0.15, -0.1) is 11.6 Å². The molecular formula is C11H16BrClN2. The first-order chi connectivity index (χ1) is 6.94. The molecule has 0 radical (unpaired) electrons. The van der Waals surface area contributed by atoms with Gasteiger partial charge in [0.25, 0.3) is 0 Å². The van der Waals surface area contributed by atoms with Crippen LogP contribution in [-0.2, 0) is 0 Å². The highest BCUT2D eigenvalue weighted by molar-refractivity contribution is 9.10. The highest BCUT2D eigenvalue weighted by atomic mass is 79.9. The maximum atomic E-state index is 5.74. The number of hydrogen-bond donors (Lipinski definition) is 1. The Hall–Kier alpha value is -0.280. The van der Waals surface area contributed by atoms with Gasteiger partial charge in [-0.25, -0.2) is 4.98 Å². The van der Waals surface area contributed by atoms with Crippen molar-refractivity contribution < 1.29 is 0 Å². The van der Waals surface area contributed by atoms with Crippen LogP contribution in [-0.4, -0.2) is 16.4 Å². The minimum absolute atomic E-state index is 0.0188. The van der Waals surface area contributed by atoms with Crippen molar-refractivity contribution >= 4 is 33.3 Å². The van der Waals surface area contributed by atoms with Gasteiger partial charge in [-0.05, 0) is 54.8 Å². The summed E-state index contributed by atoms with van der Waals surface area (Å²) in [5.74, 6) is 1.54. The zero-order valence-electron chi connectivity index (χ0n) is 9.27. The third kappa shape index (κ3) is 3.99. The van der Waals surface area contributed by atoms with E-state index in [1.54, 1.807) is 0 Å². The zero-order valence-corrected chi connectivity index (χ0v) is 11.6. The molecule has 1 heterocycles. The maximum Gasteiger partial charge on any atom is 0.126 e. The minimum atomic E-state index is -0.0188. The minimum Gasteiger partial charge on any atom is -0.365 e. The number of anilines is 1. The van der Waals surface area contributed by atoms with Crippen molar-refractivity contribution in [2.24, 2.45) is 0 Å². The molecule has 0 saturated carbocycles. The second-order valence-electron chi connectivity index (χ2n) is 4.27. The molecule has 0 aromatic carbocycles. The Morgan fingerprint density at radius 3 is 2.73 bits per heavy atom. The van der Waals surface area contributed by atoms with Gasteiger partial charge in [0.1, 0.15) is 5.82 Å². The molecule has 0 amide bonds. The Balaban J connectivity index is 2.76. The number of halogens is 2. The van der Waals surface area contributed by atoms with Crippen LogP contribution < -0.4 is 5.32 Å². The predicted octanol–water partition coefficient (Wildman–Crippen LogP) is 3.97. The topological polar surface area (TPSA) is 24.9 Å². The molecule has 1 rings (SSSR count). The molecule has 0 bridgehead atoms. The second-order valence-corrected chi connectivity index (χ2v) is 5.50. The first-order valence-electron chi connectivity index (χ1n) is 4.91. The van der Waals surface area contributed by atoms with E-state index in [-0.39, 0.29) is 5.54 Å². The normalized spacial score (nSPS) is 11.5. The van der Waals surface area contributed by atoms with Crippen molar-refractivity contribution in [2.45, 2.75) is 32.7 Å². The Morgan fingerprint density at radius 2 is 2.20 bits per heavy atom. The molecule has 2 nitrogen and oxygen atoms in total. The molecule has 0 spiro atoms. The third-order valence-corrected chi connectivity index (χ3v) is 3.25. The largest absolute Gasteiger partial charge is 0.365 e. The smallest absolute Gasteiger partial charge is 0.126 e. The quantitative estimate of drug-likeness (QED) is 0.849. The predicted molar refractivity (Wildman–Crippen MR) is 69.7 cm³/mol. The molecule has 0 aliphatic heterocycles. The number of pyridine rings is 1. The van der Waals surface area contributed by atoms with Crippen molar-refractivity contribution in [2.75, 3.05) is 11.2 Å². The molecule has 15 heavy (non-hydrogen) atoms. The van der Waals surface area contributed by atoms with E-state index in [1.165, 1.54) is 5.56 Å². The molecule has 0 saturated heterocycles. The van der Waals surface area contributed by atoms with Gasteiger partial charge >= 0.3 is 0 Å². The Kier molecular flexibility index (Phi) is 4.41. The second kappa shape index (κ2) is 5.17. The summed E-state index contributed by atoms with van der Waals surface area (Å²) in [5.41, 5.74) is 1.16. The van der Waals surface area contributed by atoms with Crippen molar-refractivity contribution in [3.8, 4) is 0 Å². The van der Waals surface area contributed by atoms with Gasteiger partial charge in [-0.3, -0.25) is 0 Å². The lowest BCUT2D eigenvalue weighted by Gasteiger charge is -2.26. The van der Waals surface area contributed by atoms with E-state index in [4.69, 9.17) is 11.6 Å². The highest BCUT2D eigenvalue weighted by Gasteiger charge is 2.17. The summed E-state index contributed by atoms with van der Waals surface area (Å²) in [5, 5.41) is 3.37. The van der Waals surface area contributed by atoms with E-state index >= 15 is 0 Å². The van der Waals surface area contributed by atoms with Crippen LogP contribution in [0, 0.1) is 6.92 Å². The summed E-state index contributed by atoms with van der Waals surface area (Å²) in [6, 6.07) is 2.03. The van der Waals surface area contributed by atoms with E-state index in [0.717, 1.165) is 16.7 Å². The zero-order chi connectivity index (χ0) is 11.5. The molecule has 0 fully saturated rings. The van der Waals surface area contributed by atoms with Crippen LogP contribution in [0.1, 0.15) is 25.8 Å². The number of hydrogen-bond acceptors (Lipinski definition) is 2. The van der Waals surface area contributed by atoms with Crippen molar-refractivity contribution in [3.63, 3.8) is 0 Å². The fraction of sp³-hybridized carbons (Fsp3) is 0.545. The lowest BCUT2D eigenvalue weighted by Crippen LogP contribution is -2.31. The average molecular weight is 292 g/mol. The van der Waals surface area contributed by atoms with Gasteiger partial charge in [0.05, 0.1) is 0 Å². The van der Waals surface area contributed by atoms with Gasteiger partial charge in [0.2, 0.25) is 0 Å². The third-order valence-electron chi connectivity index (χ3n) is 2.23. The molecule has 1 aromatic heterocycles. The van der Waals surface area contributed by atoms with Gasteiger partial charge < -0.3 is 5.32 Å². The molecule has 0 aliphatic rings. The first-order valence-corrected chi connectivity index (χ1v) is 6.24. The van der Waals surface area contributed by atoms with E-state index in [2.05, 4.69) is 40.1 Å². The first kappa shape index (κ1) is 12.8. The summed E-state index contributed by atoms with van der Waals surface area (Å²) in [4.78, 5) is 4.31. The number of nitrogens with zero attached hydrogens (tertiary/aromatic N) is 1. The number of aryl methyl sites for hydroxylation is 1. The Bertz CT molecular complexity index is 339. The van der Waals surface area contributed by atoms with E-state index in [0.29, 0.717) is 5.88 Å². The maximum absolute atomic E-state index is 5.74. The monoisotopic (exact) mass is 290 g/mol. The number of rotatable bonds is 4. The summed E-state index contributed by atoms with van der Waals surface area (Å²) in [6.07, 6.45) is 2.72. The molecule has 0 aliphatic carbocycles. The van der Waals surface area contributed by atoms with Crippen molar-refractivity contribution in [1.82, 2.24) is 4.98 Å². The summed E-state index contributed by atoms with van der Waals surface area (Å²) >= 11 is 9.17. The van der Waals surface area contributed by atoms with Gasteiger partial charge in [-0.2, -0.15) is 0 Å². The molecule has 0 unspecified atom stereocenters. The van der Waals surface area contributed by atoms with E-state index < -0.39 is 0 Å². The van der Waals surface area contributed by atoms with Crippen LogP contribution in [0.4, 0.5) is 5.82 Å². The summed E-state index contributed by atoms with van der Waals surface area (Å²) in [7, 11) is 0. The van der Waals surface area contributed by atoms with Crippen LogP contribution in [0.15, 0.2) is 16.7 Å².